The van der Waals surface area contributed by atoms with Crippen LogP contribution in [0.4, 0.5) is 0 Å². The molecule has 1 aromatic heterocycles. The number of benzene rings is 2. The fraction of sp³-hybridized carbons (Fsp3) is 0.208. The summed E-state index contributed by atoms with van der Waals surface area (Å²) in [6.07, 6.45) is 2.68. The zero-order valence-electron chi connectivity index (χ0n) is 17.9. The van der Waals surface area contributed by atoms with Gasteiger partial charge in [-0.3, -0.25) is 4.79 Å². The van der Waals surface area contributed by atoms with Gasteiger partial charge in [-0.1, -0.05) is 35.3 Å². The lowest BCUT2D eigenvalue weighted by Crippen LogP contribution is -2.25. The molecule has 0 saturated heterocycles. The summed E-state index contributed by atoms with van der Waals surface area (Å²) in [7, 11) is 2.94. The number of methoxy groups -OCH3 is 2. The van der Waals surface area contributed by atoms with Crippen LogP contribution in [0.1, 0.15) is 27.0 Å². The monoisotopic (exact) mass is 486 g/mol. The quantitative estimate of drug-likeness (QED) is 0.250. The Bertz CT molecular complexity index is 1180. The van der Waals surface area contributed by atoms with Crippen LogP contribution in [0.5, 0.6) is 17.2 Å². The van der Waals surface area contributed by atoms with Gasteiger partial charge in [0.1, 0.15) is 10.0 Å². The minimum Gasteiger partial charge on any atom is -0.619 e. The zero-order valence-corrected chi connectivity index (χ0v) is 19.4. The van der Waals surface area contributed by atoms with Crippen LogP contribution >= 0.6 is 23.2 Å². The first-order chi connectivity index (χ1) is 15.9. The van der Waals surface area contributed by atoms with Crippen molar-refractivity contribution in [2.24, 2.45) is 0 Å². The fourth-order valence-corrected chi connectivity index (χ4v) is 3.81. The average molecular weight is 487 g/mol. The molecule has 9 heteroatoms. The van der Waals surface area contributed by atoms with Crippen LogP contribution in [0.3, 0.4) is 0 Å². The topological polar surface area (TPSA) is 95.5 Å². The van der Waals surface area contributed by atoms with Gasteiger partial charge in [0.25, 0.3) is 0 Å². The Morgan fingerprint density at radius 3 is 2.27 bits per heavy atom. The number of pyridine rings is 1. The second-order valence-electron chi connectivity index (χ2n) is 6.98. The number of rotatable bonds is 9. The van der Waals surface area contributed by atoms with Gasteiger partial charge in [0.05, 0.1) is 38.0 Å². The van der Waals surface area contributed by atoms with Crippen molar-refractivity contribution in [3.8, 4) is 23.3 Å². The van der Waals surface area contributed by atoms with Crippen molar-refractivity contribution in [2.45, 2.75) is 12.8 Å². The molecule has 7 nitrogen and oxygen atoms in total. The van der Waals surface area contributed by atoms with Gasteiger partial charge < -0.3 is 19.4 Å². The molecule has 3 aromatic rings. The van der Waals surface area contributed by atoms with Crippen LogP contribution in [-0.4, -0.2) is 26.6 Å². The Morgan fingerprint density at radius 1 is 1.03 bits per heavy atom. The number of nitrogens with zero attached hydrogens (tertiary/aromatic N) is 2. The summed E-state index contributed by atoms with van der Waals surface area (Å²) in [5, 5.41) is 20.6. The Labute approximate surface area is 201 Å². The first kappa shape index (κ1) is 24.2. The summed E-state index contributed by atoms with van der Waals surface area (Å²) >= 11 is 12.3. The molecule has 0 amide bonds. The highest BCUT2D eigenvalue weighted by atomic mass is 35.5. The number of aromatic nitrogens is 1. The molecule has 0 unspecified atom stereocenters. The van der Waals surface area contributed by atoms with Gasteiger partial charge >= 0.3 is 0 Å². The molecule has 0 spiro atoms. The van der Waals surface area contributed by atoms with Gasteiger partial charge in [0, 0.05) is 18.4 Å². The van der Waals surface area contributed by atoms with Gasteiger partial charge in [-0.25, -0.2) is 0 Å². The Balaban J connectivity index is 1.88. The largest absolute Gasteiger partial charge is 0.619 e. The molecule has 0 atom stereocenters. The molecule has 2 aromatic carbocycles. The smallest absolute Gasteiger partial charge is 0.204 e. The Morgan fingerprint density at radius 2 is 1.70 bits per heavy atom. The maximum Gasteiger partial charge on any atom is 0.204 e. The van der Waals surface area contributed by atoms with Gasteiger partial charge in [-0.15, -0.1) is 0 Å². The van der Waals surface area contributed by atoms with E-state index in [1.807, 2.05) is 12.1 Å². The Hall–Kier alpha value is -3.47. The molecule has 1 heterocycles. The SMILES string of the molecule is COc1ccc(C(=O)Cc2c(Cl)c[n+]([O-])cc2Cl)c(OCCc2ccc(C#N)cc2)c1OC. The van der Waals surface area contributed by atoms with Gasteiger partial charge in [-0.05, 0) is 29.8 Å². The molecule has 33 heavy (non-hydrogen) atoms. The van der Waals surface area contributed by atoms with Crippen LogP contribution in [0.25, 0.3) is 0 Å². The third-order valence-electron chi connectivity index (χ3n) is 4.92. The number of halogens is 2. The number of Topliss-reactive ketones (excluding diaryl/α,β-unsaturated/α-hetero) is 1. The molecule has 0 N–H and O–H groups in total. The summed E-state index contributed by atoms with van der Waals surface area (Å²) in [4.78, 5) is 13.2. The lowest BCUT2D eigenvalue weighted by molar-refractivity contribution is -0.605. The van der Waals surface area contributed by atoms with E-state index in [2.05, 4.69) is 6.07 Å². The van der Waals surface area contributed by atoms with E-state index in [0.29, 0.717) is 28.0 Å². The second kappa shape index (κ2) is 10.9. The number of nitriles is 1. The number of carbonyl (C=O) groups excluding carboxylic acids is 1. The van der Waals surface area contributed by atoms with E-state index in [4.69, 9.17) is 42.7 Å². The number of hydrogen-bond acceptors (Lipinski definition) is 6. The number of hydrogen-bond donors (Lipinski definition) is 0. The highest BCUT2D eigenvalue weighted by molar-refractivity contribution is 6.36. The lowest BCUT2D eigenvalue weighted by atomic mass is 10.0. The van der Waals surface area contributed by atoms with Gasteiger partial charge in [-0.2, -0.15) is 9.99 Å². The van der Waals surface area contributed by atoms with Crippen molar-refractivity contribution in [3.63, 3.8) is 0 Å². The molecular formula is C24H20Cl2N2O5. The van der Waals surface area contributed by atoms with Crippen molar-refractivity contribution >= 4 is 29.0 Å². The molecule has 170 valence electrons. The van der Waals surface area contributed by atoms with Crippen LogP contribution in [0, 0.1) is 16.5 Å². The van der Waals surface area contributed by atoms with E-state index in [1.54, 1.807) is 24.3 Å². The lowest BCUT2D eigenvalue weighted by Gasteiger charge is -2.17. The van der Waals surface area contributed by atoms with E-state index < -0.39 is 0 Å². The molecule has 0 aliphatic carbocycles. The molecule has 0 aliphatic heterocycles. The molecule has 0 aliphatic rings. The fourth-order valence-electron chi connectivity index (χ4n) is 3.23. The molecule has 0 radical (unpaired) electrons. The minimum absolute atomic E-state index is 0.0922. The van der Waals surface area contributed by atoms with E-state index in [0.717, 1.165) is 18.0 Å². The van der Waals surface area contributed by atoms with Crippen molar-refractivity contribution in [1.29, 1.82) is 5.26 Å². The van der Waals surface area contributed by atoms with Crippen LogP contribution in [0.15, 0.2) is 48.8 Å². The maximum absolute atomic E-state index is 13.2. The molecule has 0 fully saturated rings. The highest BCUT2D eigenvalue weighted by Gasteiger charge is 2.24. The number of ether oxygens (including phenoxy) is 3. The standard InChI is InChI=1S/C24H20Cl2N2O5/c1-31-22-8-7-17(21(29)11-18-19(25)13-28(30)14-20(18)26)23(24(22)32-2)33-10-9-15-3-5-16(12-27)6-4-15/h3-8,13-14H,9-11H2,1-2H3. The molecule has 0 saturated carbocycles. The third-order valence-corrected chi connectivity index (χ3v) is 5.57. The van der Waals surface area contributed by atoms with E-state index >= 15 is 0 Å². The predicted molar refractivity (Wildman–Crippen MR) is 123 cm³/mol. The molecular weight excluding hydrogens is 467 g/mol. The number of ketones is 1. The summed E-state index contributed by atoms with van der Waals surface area (Å²) in [6, 6.07) is 12.4. The second-order valence-corrected chi connectivity index (χ2v) is 7.79. The van der Waals surface area contributed by atoms with Crippen molar-refractivity contribution < 1.29 is 23.7 Å². The average Bonchev–Trinajstić information content (AvgIpc) is 2.81. The van der Waals surface area contributed by atoms with Crippen molar-refractivity contribution in [3.05, 3.63) is 86.3 Å². The number of carbonyl (C=O) groups is 1. The van der Waals surface area contributed by atoms with Gasteiger partial charge in [0.15, 0.2) is 29.7 Å². The summed E-state index contributed by atoms with van der Waals surface area (Å²) in [6.45, 7) is 0.249. The first-order valence-corrected chi connectivity index (χ1v) is 10.6. The zero-order chi connectivity index (χ0) is 24.0. The van der Waals surface area contributed by atoms with Crippen LogP contribution in [0.2, 0.25) is 10.0 Å². The third kappa shape index (κ3) is 5.67. The first-order valence-electron chi connectivity index (χ1n) is 9.84. The predicted octanol–water partition coefficient (Wildman–Crippen LogP) is 4.56. The van der Waals surface area contributed by atoms with Crippen LogP contribution in [-0.2, 0) is 12.8 Å². The van der Waals surface area contributed by atoms with Crippen LogP contribution < -0.4 is 18.9 Å². The van der Waals surface area contributed by atoms with E-state index in [1.165, 1.54) is 14.2 Å². The summed E-state index contributed by atoms with van der Waals surface area (Å²) < 4.78 is 17.3. The Kier molecular flexibility index (Phi) is 7.99. The molecule has 3 rings (SSSR count). The van der Waals surface area contributed by atoms with E-state index in [-0.39, 0.29) is 45.9 Å². The van der Waals surface area contributed by atoms with Gasteiger partial charge in [0.2, 0.25) is 5.75 Å². The maximum atomic E-state index is 13.2. The van der Waals surface area contributed by atoms with Crippen molar-refractivity contribution in [2.75, 3.05) is 20.8 Å². The van der Waals surface area contributed by atoms with E-state index in [9.17, 15) is 10.0 Å². The summed E-state index contributed by atoms with van der Waals surface area (Å²) in [5.74, 6) is 0.603. The van der Waals surface area contributed by atoms with Crippen molar-refractivity contribution in [1.82, 2.24) is 0 Å². The summed E-state index contributed by atoms with van der Waals surface area (Å²) in [5.41, 5.74) is 2.15. The normalized spacial score (nSPS) is 10.4. The molecule has 0 bridgehead atoms. The highest BCUT2D eigenvalue weighted by Crippen LogP contribution is 2.41. The minimum atomic E-state index is -0.322.